The van der Waals surface area contributed by atoms with Crippen LogP contribution in [0.3, 0.4) is 0 Å². The Morgan fingerprint density at radius 1 is 1.02 bits per heavy atom. The largest absolute Gasteiger partial charge is 0.508 e. The van der Waals surface area contributed by atoms with Gasteiger partial charge >= 0.3 is 0 Å². The minimum atomic E-state index is -0.248. The summed E-state index contributed by atoms with van der Waals surface area (Å²) in [6.07, 6.45) is 10.7. The van der Waals surface area contributed by atoms with Gasteiger partial charge in [0, 0.05) is 62.4 Å². The van der Waals surface area contributed by atoms with Crippen molar-refractivity contribution in [1.82, 2.24) is 25.1 Å². The van der Waals surface area contributed by atoms with Crippen LogP contribution in [0, 0.1) is 23.2 Å². The van der Waals surface area contributed by atoms with Gasteiger partial charge in [0.25, 0.3) is 0 Å². The highest BCUT2D eigenvalue weighted by Gasteiger charge is 2.22. The topological polar surface area (TPSA) is 123 Å². The van der Waals surface area contributed by atoms with Crippen molar-refractivity contribution in [2.75, 3.05) is 19.6 Å². The van der Waals surface area contributed by atoms with Crippen molar-refractivity contribution in [2.24, 2.45) is 11.8 Å². The number of nitriles is 1. The minimum Gasteiger partial charge on any atom is -0.508 e. The molecule has 3 aromatic rings. The molecule has 4 rings (SSSR count). The van der Waals surface area contributed by atoms with Crippen molar-refractivity contribution >= 4 is 11.8 Å². The number of rotatable bonds is 15. The van der Waals surface area contributed by atoms with Gasteiger partial charge in [-0.3, -0.25) is 14.5 Å². The predicted octanol–water partition coefficient (Wildman–Crippen LogP) is 4.78. The fourth-order valence-electron chi connectivity index (χ4n) is 5.73. The number of phenols is 1. The number of benzene rings is 2. The van der Waals surface area contributed by atoms with Crippen molar-refractivity contribution in [3.8, 4) is 11.8 Å². The lowest BCUT2D eigenvalue weighted by atomic mass is 9.94. The first-order chi connectivity index (χ1) is 21.3. The molecular formula is C35H46N6O3. The minimum absolute atomic E-state index is 0.0121. The molecular weight excluding hydrogens is 552 g/mol. The SMILES string of the molecule is C[C@H](CN(CC[C@@H](C)C(=O)NC1CCCCC1)Cc1ccc(O)cc1)C(=O)NCCc1cncn1Cc1ccc(C#N)cc1. The van der Waals surface area contributed by atoms with E-state index < -0.39 is 0 Å². The first kappa shape index (κ1) is 32.7. The van der Waals surface area contributed by atoms with E-state index >= 15 is 0 Å². The summed E-state index contributed by atoms with van der Waals surface area (Å²) >= 11 is 0. The highest BCUT2D eigenvalue weighted by Crippen LogP contribution is 2.19. The van der Waals surface area contributed by atoms with Crippen molar-refractivity contribution in [2.45, 2.75) is 77.9 Å². The van der Waals surface area contributed by atoms with Crippen LogP contribution in [0.4, 0.5) is 0 Å². The van der Waals surface area contributed by atoms with E-state index in [1.807, 2.05) is 56.4 Å². The Bertz CT molecular complexity index is 1370. The number of phenolic OH excluding ortho intramolecular Hbond substituents is 1. The fourth-order valence-corrected chi connectivity index (χ4v) is 5.73. The van der Waals surface area contributed by atoms with E-state index in [-0.39, 0.29) is 29.4 Å². The van der Waals surface area contributed by atoms with Gasteiger partial charge < -0.3 is 20.3 Å². The van der Waals surface area contributed by atoms with Gasteiger partial charge in [-0.15, -0.1) is 0 Å². The standard InChI is InChI=1S/C35H46N6O3/c1-26(35(44)39-31-6-4-3-5-7-31)17-19-40(23-29-12-14-33(42)15-13-29)22-27(2)34(43)38-18-16-32-21-37-25-41(32)24-30-10-8-28(20-36)9-11-30/h8-15,21,25-27,31,42H,3-7,16-19,22-24H2,1-2H3,(H,38,43)(H,39,44)/t26-,27-/m1/s1. The quantitative estimate of drug-likeness (QED) is 0.231. The molecule has 0 saturated heterocycles. The van der Waals surface area contributed by atoms with Gasteiger partial charge in [-0.1, -0.05) is 57.4 Å². The molecule has 2 aromatic carbocycles. The van der Waals surface area contributed by atoms with Crippen molar-refractivity contribution in [1.29, 1.82) is 5.26 Å². The Hall–Kier alpha value is -4.16. The van der Waals surface area contributed by atoms with Crippen LogP contribution in [0.2, 0.25) is 0 Å². The summed E-state index contributed by atoms with van der Waals surface area (Å²) in [7, 11) is 0. The Morgan fingerprint density at radius 2 is 1.73 bits per heavy atom. The summed E-state index contributed by atoms with van der Waals surface area (Å²) < 4.78 is 2.06. The molecule has 0 spiro atoms. The number of amides is 2. The fraction of sp³-hybridized carbons (Fsp3) is 0.486. The van der Waals surface area contributed by atoms with E-state index in [9.17, 15) is 14.7 Å². The van der Waals surface area contributed by atoms with Crippen LogP contribution in [-0.4, -0.2) is 57.0 Å². The first-order valence-electron chi connectivity index (χ1n) is 15.9. The molecule has 2 atom stereocenters. The van der Waals surface area contributed by atoms with Crippen LogP contribution in [0.1, 0.15) is 74.8 Å². The van der Waals surface area contributed by atoms with Crippen molar-refractivity contribution in [3.05, 3.63) is 83.4 Å². The molecule has 1 fully saturated rings. The third-order valence-corrected chi connectivity index (χ3v) is 8.51. The highest BCUT2D eigenvalue weighted by molar-refractivity contribution is 5.79. The number of imidazole rings is 1. The van der Waals surface area contributed by atoms with Gasteiger partial charge in [0.2, 0.25) is 11.8 Å². The van der Waals surface area contributed by atoms with Crippen LogP contribution in [0.15, 0.2) is 61.1 Å². The number of carbonyl (C=O) groups is 2. The zero-order valence-electron chi connectivity index (χ0n) is 26.0. The van der Waals surface area contributed by atoms with E-state index in [0.29, 0.717) is 57.2 Å². The average molecular weight is 599 g/mol. The van der Waals surface area contributed by atoms with Crippen LogP contribution >= 0.6 is 0 Å². The molecule has 1 aromatic heterocycles. The van der Waals surface area contributed by atoms with Gasteiger partial charge in [0.15, 0.2) is 0 Å². The molecule has 0 bridgehead atoms. The lowest BCUT2D eigenvalue weighted by molar-refractivity contribution is -0.126. The Kier molecular flexibility index (Phi) is 12.4. The van der Waals surface area contributed by atoms with E-state index in [0.717, 1.165) is 29.7 Å². The second-order valence-electron chi connectivity index (χ2n) is 12.2. The van der Waals surface area contributed by atoms with E-state index in [1.54, 1.807) is 18.5 Å². The zero-order valence-corrected chi connectivity index (χ0v) is 26.0. The second-order valence-corrected chi connectivity index (χ2v) is 12.2. The Balaban J connectivity index is 1.28. The van der Waals surface area contributed by atoms with Crippen LogP contribution in [-0.2, 0) is 29.1 Å². The summed E-state index contributed by atoms with van der Waals surface area (Å²) in [5, 5.41) is 25.1. The third kappa shape index (κ3) is 10.2. The normalized spacial score (nSPS) is 15.0. The summed E-state index contributed by atoms with van der Waals surface area (Å²) in [6, 6.07) is 17.1. The molecule has 0 unspecified atom stereocenters. The van der Waals surface area contributed by atoms with E-state index in [2.05, 4.69) is 31.2 Å². The molecule has 9 nitrogen and oxygen atoms in total. The molecule has 2 amide bonds. The number of nitrogens with zero attached hydrogens (tertiary/aromatic N) is 4. The first-order valence-corrected chi connectivity index (χ1v) is 15.9. The molecule has 1 heterocycles. The second kappa shape index (κ2) is 16.6. The van der Waals surface area contributed by atoms with E-state index in [1.165, 1.54) is 19.3 Å². The number of nitrogens with one attached hydrogen (secondary N) is 2. The van der Waals surface area contributed by atoms with Gasteiger partial charge in [-0.25, -0.2) is 4.98 Å². The maximum atomic E-state index is 13.1. The van der Waals surface area contributed by atoms with Crippen LogP contribution < -0.4 is 10.6 Å². The molecule has 1 aliphatic rings. The maximum absolute atomic E-state index is 13.1. The summed E-state index contributed by atoms with van der Waals surface area (Å²) in [4.78, 5) is 32.5. The molecule has 9 heteroatoms. The van der Waals surface area contributed by atoms with Crippen LogP contribution in [0.5, 0.6) is 5.75 Å². The molecule has 0 radical (unpaired) electrons. The smallest absolute Gasteiger partial charge is 0.224 e. The molecule has 3 N–H and O–H groups in total. The van der Waals surface area contributed by atoms with Gasteiger partial charge in [0.1, 0.15) is 5.75 Å². The number of aromatic hydroxyl groups is 1. The monoisotopic (exact) mass is 598 g/mol. The molecule has 1 saturated carbocycles. The number of aromatic nitrogens is 2. The van der Waals surface area contributed by atoms with Gasteiger partial charge in [-0.2, -0.15) is 5.26 Å². The van der Waals surface area contributed by atoms with Gasteiger partial charge in [-0.05, 0) is 61.2 Å². The highest BCUT2D eigenvalue weighted by atomic mass is 16.3. The number of hydrogen-bond donors (Lipinski definition) is 3. The van der Waals surface area contributed by atoms with Crippen LogP contribution in [0.25, 0.3) is 0 Å². The maximum Gasteiger partial charge on any atom is 0.224 e. The molecule has 234 valence electrons. The number of carbonyl (C=O) groups excluding carboxylic acids is 2. The summed E-state index contributed by atoms with van der Waals surface area (Å²) in [6.45, 7) is 6.94. The zero-order chi connectivity index (χ0) is 31.3. The lowest BCUT2D eigenvalue weighted by Crippen LogP contribution is -2.41. The Labute approximate surface area is 261 Å². The average Bonchev–Trinajstić information content (AvgIpc) is 3.47. The third-order valence-electron chi connectivity index (χ3n) is 8.51. The van der Waals surface area contributed by atoms with Crippen molar-refractivity contribution in [3.63, 3.8) is 0 Å². The number of hydrogen-bond acceptors (Lipinski definition) is 6. The lowest BCUT2D eigenvalue weighted by Gasteiger charge is -2.28. The summed E-state index contributed by atoms with van der Waals surface area (Å²) in [5.41, 5.74) is 3.78. The Morgan fingerprint density at radius 3 is 2.43 bits per heavy atom. The molecule has 0 aliphatic heterocycles. The van der Waals surface area contributed by atoms with Crippen molar-refractivity contribution < 1.29 is 14.7 Å². The summed E-state index contributed by atoms with van der Waals surface area (Å²) in [5.74, 6) is -0.0356. The molecule has 1 aliphatic carbocycles. The molecule has 44 heavy (non-hydrogen) atoms. The predicted molar refractivity (Wildman–Crippen MR) is 171 cm³/mol. The van der Waals surface area contributed by atoms with Gasteiger partial charge in [0.05, 0.1) is 18.0 Å². The van der Waals surface area contributed by atoms with E-state index in [4.69, 9.17) is 5.26 Å².